The van der Waals surface area contributed by atoms with Gasteiger partial charge in [-0.1, -0.05) is 6.92 Å². The minimum atomic E-state index is -0.856. The summed E-state index contributed by atoms with van der Waals surface area (Å²) in [5.74, 6) is -0.777. The molecular weight excluding hydrogens is 214 g/mol. The quantitative estimate of drug-likeness (QED) is 0.755. The number of carbonyl (C=O) groups excluding carboxylic acids is 1. The van der Waals surface area contributed by atoms with Crippen molar-refractivity contribution in [1.29, 1.82) is 0 Å². The summed E-state index contributed by atoms with van der Waals surface area (Å²) >= 11 is 1.17. The second-order valence-electron chi connectivity index (χ2n) is 4.34. The zero-order chi connectivity index (χ0) is 12.1. The SMILES string of the molecule is CCC(SCC(=O)NC(C)(C)C)C(=O)O. The largest absolute Gasteiger partial charge is 0.480 e. The molecule has 0 saturated heterocycles. The van der Waals surface area contributed by atoms with Crippen molar-refractivity contribution in [1.82, 2.24) is 5.32 Å². The van der Waals surface area contributed by atoms with Crippen LogP contribution in [-0.4, -0.2) is 33.5 Å². The molecule has 1 amide bonds. The predicted octanol–water partition coefficient (Wildman–Crippen LogP) is 1.50. The number of amides is 1. The molecule has 5 heteroatoms. The molecule has 0 aliphatic heterocycles. The average molecular weight is 233 g/mol. The molecule has 1 atom stereocenters. The van der Waals surface area contributed by atoms with E-state index in [4.69, 9.17) is 5.11 Å². The Morgan fingerprint density at radius 3 is 2.27 bits per heavy atom. The summed E-state index contributed by atoms with van der Waals surface area (Å²) in [4.78, 5) is 22.1. The first-order valence-electron chi connectivity index (χ1n) is 4.91. The van der Waals surface area contributed by atoms with E-state index in [-0.39, 0.29) is 17.2 Å². The number of thioether (sulfide) groups is 1. The van der Waals surface area contributed by atoms with E-state index < -0.39 is 11.2 Å². The van der Waals surface area contributed by atoms with Gasteiger partial charge in [-0.05, 0) is 27.2 Å². The molecule has 0 aromatic rings. The Hall–Kier alpha value is -0.710. The summed E-state index contributed by atoms with van der Waals surface area (Å²) < 4.78 is 0. The van der Waals surface area contributed by atoms with Gasteiger partial charge >= 0.3 is 5.97 Å². The van der Waals surface area contributed by atoms with Crippen LogP contribution in [0.1, 0.15) is 34.1 Å². The topological polar surface area (TPSA) is 66.4 Å². The standard InChI is InChI=1S/C10H19NO3S/c1-5-7(9(13)14)15-6-8(12)11-10(2,3)4/h7H,5-6H2,1-4H3,(H,11,12)(H,13,14). The van der Waals surface area contributed by atoms with Gasteiger partial charge in [0, 0.05) is 5.54 Å². The summed E-state index contributed by atoms with van der Waals surface area (Å²) in [6, 6.07) is 0. The van der Waals surface area contributed by atoms with Gasteiger partial charge in [-0.2, -0.15) is 0 Å². The van der Waals surface area contributed by atoms with Gasteiger partial charge in [0.25, 0.3) is 0 Å². The van der Waals surface area contributed by atoms with Crippen LogP contribution in [0.4, 0.5) is 0 Å². The first-order valence-corrected chi connectivity index (χ1v) is 5.96. The molecule has 4 nitrogen and oxygen atoms in total. The van der Waals surface area contributed by atoms with Gasteiger partial charge < -0.3 is 10.4 Å². The van der Waals surface area contributed by atoms with Crippen molar-refractivity contribution in [2.75, 3.05) is 5.75 Å². The van der Waals surface area contributed by atoms with E-state index in [1.807, 2.05) is 20.8 Å². The molecule has 0 aromatic carbocycles. The maximum absolute atomic E-state index is 11.4. The Balaban J connectivity index is 3.94. The molecule has 0 bridgehead atoms. The lowest BCUT2D eigenvalue weighted by atomic mass is 10.1. The number of nitrogens with one attached hydrogen (secondary N) is 1. The van der Waals surface area contributed by atoms with Crippen LogP contribution >= 0.6 is 11.8 Å². The summed E-state index contributed by atoms with van der Waals surface area (Å²) in [5.41, 5.74) is -0.261. The molecule has 0 rings (SSSR count). The van der Waals surface area contributed by atoms with Crippen LogP contribution in [0.15, 0.2) is 0 Å². The van der Waals surface area contributed by atoms with Crippen molar-refractivity contribution in [2.24, 2.45) is 0 Å². The Morgan fingerprint density at radius 1 is 1.40 bits per heavy atom. The second kappa shape index (κ2) is 6.00. The van der Waals surface area contributed by atoms with Crippen molar-refractivity contribution in [2.45, 2.75) is 44.9 Å². The third kappa shape index (κ3) is 7.25. The van der Waals surface area contributed by atoms with Gasteiger partial charge in [-0.15, -0.1) is 11.8 Å². The molecule has 88 valence electrons. The maximum Gasteiger partial charge on any atom is 0.316 e. The van der Waals surface area contributed by atoms with E-state index in [9.17, 15) is 9.59 Å². The average Bonchev–Trinajstić information content (AvgIpc) is 2.01. The summed E-state index contributed by atoms with van der Waals surface area (Å²) in [7, 11) is 0. The van der Waals surface area contributed by atoms with Crippen molar-refractivity contribution < 1.29 is 14.7 Å². The first-order chi connectivity index (χ1) is 6.76. The number of rotatable bonds is 5. The first kappa shape index (κ1) is 14.3. The fourth-order valence-corrected chi connectivity index (χ4v) is 1.80. The summed E-state index contributed by atoms with van der Waals surface area (Å²) in [6.45, 7) is 7.48. The lowest BCUT2D eigenvalue weighted by molar-refractivity contribution is -0.136. The number of carboxylic acids is 1. The molecule has 0 saturated carbocycles. The molecule has 0 spiro atoms. The highest BCUT2D eigenvalue weighted by Crippen LogP contribution is 2.14. The second-order valence-corrected chi connectivity index (χ2v) is 5.54. The molecular formula is C10H19NO3S. The van der Waals surface area contributed by atoms with Crippen LogP contribution in [0.2, 0.25) is 0 Å². The van der Waals surface area contributed by atoms with Crippen molar-refractivity contribution in [3.8, 4) is 0 Å². The zero-order valence-electron chi connectivity index (χ0n) is 9.66. The van der Waals surface area contributed by atoms with Crippen LogP contribution in [-0.2, 0) is 9.59 Å². The highest BCUT2D eigenvalue weighted by Gasteiger charge is 2.19. The van der Waals surface area contributed by atoms with Crippen LogP contribution in [0, 0.1) is 0 Å². The number of carbonyl (C=O) groups is 2. The lowest BCUT2D eigenvalue weighted by Gasteiger charge is -2.20. The Labute approximate surface area is 94.8 Å². The Kier molecular flexibility index (Phi) is 5.72. The predicted molar refractivity (Wildman–Crippen MR) is 62.1 cm³/mol. The minimum Gasteiger partial charge on any atom is -0.480 e. The van der Waals surface area contributed by atoms with Crippen LogP contribution in [0.25, 0.3) is 0 Å². The molecule has 0 aliphatic rings. The number of carboxylic acid groups (broad SMARTS) is 1. The summed E-state index contributed by atoms with van der Waals surface area (Å²) in [5, 5.41) is 11.1. The van der Waals surface area contributed by atoms with Gasteiger partial charge in [0.1, 0.15) is 5.25 Å². The highest BCUT2D eigenvalue weighted by atomic mass is 32.2. The monoisotopic (exact) mass is 233 g/mol. The minimum absolute atomic E-state index is 0.118. The number of aliphatic carboxylic acids is 1. The highest BCUT2D eigenvalue weighted by molar-refractivity contribution is 8.01. The van der Waals surface area contributed by atoms with Crippen molar-refractivity contribution in [3.05, 3.63) is 0 Å². The molecule has 15 heavy (non-hydrogen) atoms. The van der Waals surface area contributed by atoms with E-state index in [1.54, 1.807) is 6.92 Å². The van der Waals surface area contributed by atoms with Gasteiger partial charge in [-0.25, -0.2) is 0 Å². The Morgan fingerprint density at radius 2 is 1.93 bits per heavy atom. The van der Waals surface area contributed by atoms with Gasteiger partial charge in [0.2, 0.25) is 5.91 Å². The van der Waals surface area contributed by atoms with E-state index in [2.05, 4.69) is 5.32 Å². The van der Waals surface area contributed by atoms with Crippen molar-refractivity contribution in [3.63, 3.8) is 0 Å². The zero-order valence-corrected chi connectivity index (χ0v) is 10.5. The van der Waals surface area contributed by atoms with E-state index in [0.717, 1.165) is 0 Å². The fourth-order valence-electron chi connectivity index (χ4n) is 0.994. The molecule has 1 unspecified atom stereocenters. The molecule has 0 fully saturated rings. The van der Waals surface area contributed by atoms with E-state index in [0.29, 0.717) is 6.42 Å². The lowest BCUT2D eigenvalue weighted by Crippen LogP contribution is -2.41. The molecule has 0 heterocycles. The molecule has 0 radical (unpaired) electrons. The third-order valence-corrected chi connectivity index (χ3v) is 2.94. The smallest absolute Gasteiger partial charge is 0.316 e. The summed E-state index contributed by atoms with van der Waals surface area (Å²) in [6.07, 6.45) is 0.531. The van der Waals surface area contributed by atoms with Crippen molar-refractivity contribution >= 4 is 23.6 Å². The third-order valence-electron chi connectivity index (χ3n) is 1.58. The maximum atomic E-state index is 11.4. The van der Waals surface area contributed by atoms with Gasteiger partial charge in [0.05, 0.1) is 5.75 Å². The normalized spacial score (nSPS) is 13.3. The number of hydrogen-bond donors (Lipinski definition) is 2. The van der Waals surface area contributed by atoms with E-state index in [1.165, 1.54) is 11.8 Å². The van der Waals surface area contributed by atoms with Gasteiger partial charge in [0.15, 0.2) is 0 Å². The number of hydrogen-bond acceptors (Lipinski definition) is 3. The van der Waals surface area contributed by atoms with E-state index >= 15 is 0 Å². The molecule has 0 aliphatic carbocycles. The molecule has 0 aromatic heterocycles. The molecule has 2 N–H and O–H groups in total. The Bertz CT molecular complexity index is 235. The van der Waals surface area contributed by atoms with Crippen LogP contribution in [0.5, 0.6) is 0 Å². The van der Waals surface area contributed by atoms with Crippen LogP contribution < -0.4 is 5.32 Å². The van der Waals surface area contributed by atoms with Gasteiger partial charge in [-0.3, -0.25) is 9.59 Å². The fraction of sp³-hybridized carbons (Fsp3) is 0.800. The van der Waals surface area contributed by atoms with Crippen LogP contribution in [0.3, 0.4) is 0 Å².